The molecule has 2 bridgehead atoms. The third-order valence-corrected chi connectivity index (χ3v) is 3.58. The van der Waals surface area contributed by atoms with Crippen LogP contribution in [0.15, 0.2) is 4.52 Å². The zero-order valence-electron chi connectivity index (χ0n) is 9.01. The third kappa shape index (κ3) is 1.66. The van der Waals surface area contributed by atoms with E-state index in [-0.39, 0.29) is 12.4 Å². The normalized spacial score (nSPS) is 38.0. The summed E-state index contributed by atoms with van der Waals surface area (Å²) in [6.07, 6.45) is 0. The number of aryl methyl sites for hydroxylation is 1. The zero-order valence-corrected chi connectivity index (χ0v) is 9.83. The van der Waals surface area contributed by atoms with Gasteiger partial charge in [0.25, 0.3) is 0 Å². The Kier molecular flexibility index (Phi) is 2.73. The summed E-state index contributed by atoms with van der Waals surface area (Å²) in [4.78, 5) is 6.84. The molecular weight excluding hydrogens is 214 g/mol. The molecule has 4 nitrogen and oxygen atoms in total. The quantitative estimate of drug-likeness (QED) is 0.732. The first-order valence-electron chi connectivity index (χ1n) is 5.26. The second-order valence-corrected chi connectivity index (χ2v) is 4.65. The van der Waals surface area contributed by atoms with E-state index >= 15 is 0 Å². The fourth-order valence-electron chi connectivity index (χ4n) is 2.91. The maximum Gasteiger partial charge on any atom is 0.231 e. The van der Waals surface area contributed by atoms with Crippen molar-refractivity contribution in [2.75, 3.05) is 19.6 Å². The molecule has 2 aliphatic rings. The third-order valence-electron chi connectivity index (χ3n) is 3.58. The summed E-state index contributed by atoms with van der Waals surface area (Å²) >= 11 is 0. The minimum absolute atomic E-state index is 0. The van der Waals surface area contributed by atoms with Crippen LogP contribution in [-0.2, 0) is 0 Å². The van der Waals surface area contributed by atoms with Crippen LogP contribution in [0.5, 0.6) is 0 Å². The van der Waals surface area contributed by atoms with E-state index in [1.807, 2.05) is 6.92 Å². The number of aromatic nitrogens is 2. The molecule has 3 rings (SSSR count). The molecule has 0 amide bonds. The fourth-order valence-corrected chi connectivity index (χ4v) is 2.91. The van der Waals surface area contributed by atoms with Gasteiger partial charge in [0.15, 0.2) is 5.82 Å². The molecule has 0 radical (unpaired) electrons. The average molecular weight is 230 g/mol. The van der Waals surface area contributed by atoms with Gasteiger partial charge < -0.3 is 9.42 Å². The summed E-state index contributed by atoms with van der Waals surface area (Å²) in [5.74, 6) is 3.60. The van der Waals surface area contributed by atoms with Gasteiger partial charge in [0.05, 0.1) is 5.92 Å². The van der Waals surface area contributed by atoms with E-state index < -0.39 is 0 Å². The van der Waals surface area contributed by atoms with Crippen molar-refractivity contribution < 1.29 is 4.52 Å². The minimum Gasteiger partial charge on any atom is -0.339 e. The lowest BCUT2D eigenvalue weighted by molar-refractivity contribution is 0.246. The first-order valence-corrected chi connectivity index (χ1v) is 5.26. The average Bonchev–Trinajstić information content (AvgIpc) is 2.77. The molecule has 0 saturated carbocycles. The van der Waals surface area contributed by atoms with Gasteiger partial charge in [0, 0.05) is 19.6 Å². The van der Waals surface area contributed by atoms with E-state index in [4.69, 9.17) is 4.52 Å². The van der Waals surface area contributed by atoms with E-state index in [9.17, 15) is 0 Å². The topological polar surface area (TPSA) is 42.2 Å². The summed E-state index contributed by atoms with van der Waals surface area (Å²) < 4.78 is 5.26. The van der Waals surface area contributed by atoms with Crippen molar-refractivity contribution in [1.82, 2.24) is 15.0 Å². The summed E-state index contributed by atoms with van der Waals surface area (Å²) in [5.41, 5.74) is 0. The molecule has 0 spiro atoms. The van der Waals surface area contributed by atoms with E-state index in [2.05, 4.69) is 22.0 Å². The van der Waals surface area contributed by atoms with Crippen LogP contribution >= 0.6 is 12.4 Å². The molecule has 3 heterocycles. The summed E-state index contributed by atoms with van der Waals surface area (Å²) in [6.45, 7) is 7.77. The van der Waals surface area contributed by atoms with Crippen LogP contribution < -0.4 is 0 Å². The molecular formula is C10H16ClN3O. The SMILES string of the molecule is Cc1noc(C2CN3CC(C)C2C3)n1.Cl. The Bertz CT molecular complexity index is 354. The van der Waals surface area contributed by atoms with Gasteiger partial charge in [-0.1, -0.05) is 12.1 Å². The second-order valence-electron chi connectivity index (χ2n) is 4.65. The smallest absolute Gasteiger partial charge is 0.231 e. The maximum atomic E-state index is 5.26. The number of hydrogen-bond donors (Lipinski definition) is 0. The predicted molar refractivity (Wildman–Crippen MR) is 58.1 cm³/mol. The van der Waals surface area contributed by atoms with E-state index in [0.29, 0.717) is 5.92 Å². The van der Waals surface area contributed by atoms with Crippen LogP contribution in [0.4, 0.5) is 0 Å². The van der Waals surface area contributed by atoms with Crippen LogP contribution in [0.3, 0.4) is 0 Å². The Morgan fingerprint density at radius 3 is 2.67 bits per heavy atom. The highest BCUT2D eigenvalue weighted by atomic mass is 35.5. The Hall–Kier alpha value is -0.610. The molecule has 1 aromatic heterocycles. The number of fused-ring (bicyclic) bond motifs is 2. The summed E-state index contributed by atoms with van der Waals surface area (Å²) in [7, 11) is 0. The Labute approximate surface area is 95.4 Å². The molecule has 5 heteroatoms. The highest BCUT2D eigenvalue weighted by Gasteiger charge is 2.45. The molecule has 2 saturated heterocycles. The summed E-state index contributed by atoms with van der Waals surface area (Å²) in [6, 6.07) is 0. The minimum atomic E-state index is 0. The molecule has 1 aromatic rings. The van der Waals surface area contributed by atoms with Crippen molar-refractivity contribution in [2.45, 2.75) is 19.8 Å². The van der Waals surface area contributed by atoms with Crippen LogP contribution in [-0.4, -0.2) is 34.7 Å². The lowest BCUT2D eigenvalue weighted by Gasteiger charge is -2.24. The molecule has 2 aliphatic heterocycles. The Morgan fingerprint density at radius 2 is 2.13 bits per heavy atom. The van der Waals surface area contributed by atoms with Crippen LogP contribution in [0.25, 0.3) is 0 Å². The Morgan fingerprint density at radius 1 is 1.33 bits per heavy atom. The first kappa shape index (κ1) is 10.9. The van der Waals surface area contributed by atoms with Crippen molar-refractivity contribution in [2.24, 2.45) is 11.8 Å². The van der Waals surface area contributed by atoms with Gasteiger partial charge in [0.1, 0.15) is 0 Å². The first-order chi connectivity index (χ1) is 6.74. The van der Waals surface area contributed by atoms with E-state index in [1.165, 1.54) is 13.1 Å². The summed E-state index contributed by atoms with van der Waals surface area (Å²) in [5, 5.41) is 3.87. The number of nitrogens with zero attached hydrogens (tertiary/aromatic N) is 3. The van der Waals surface area contributed by atoms with Crippen molar-refractivity contribution in [3.8, 4) is 0 Å². The lowest BCUT2D eigenvalue weighted by atomic mass is 9.85. The van der Waals surface area contributed by atoms with Crippen LogP contribution in [0, 0.1) is 18.8 Å². The Balaban J connectivity index is 0.000000853. The molecule has 4 unspecified atom stereocenters. The van der Waals surface area contributed by atoms with Crippen LogP contribution in [0.2, 0.25) is 0 Å². The van der Waals surface area contributed by atoms with Crippen molar-refractivity contribution in [3.05, 3.63) is 11.7 Å². The zero-order chi connectivity index (χ0) is 9.71. The number of piperidine rings is 1. The van der Waals surface area contributed by atoms with Gasteiger partial charge >= 0.3 is 0 Å². The highest BCUT2D eigenvalue weighted by molar-refractivity contribution is 5.85. The maximum absolute atomic E-state index is 5.26. The predicted octanol–water partition coefficient (Wildman–Crippen LogP) is 1.46. The van der Waals surface area contributed by atoms with Crippen molar-refractivity contribution in [1.29, 1.82) is 0 Å². The van der Waals surface area contributed by atoms with Gasteiger partial charge in [-0.25, -0.2) is 0 Å². The van der Waals surface area contributed by atoms with Gasteiger partial charge in [0.2, 0.25) is 5.89 Å². The fraction of sp³-hybridized carbons (Fsp3) is 0.800. The van der Waals surface area contributed by atoms with Gasteiger partial charge in [-0.05, 0) is 18.8 Å². The number of rotatable bonds is 1. The molecule has 84 valence electrons. The highest BCUT2D eigenvalue weighted by Crippen LogP contribution is 2.42. The molecule has 4 atom stereocenters. The van der Waals surface area contributed by atoms with Gasteiger partial charge in [-0.15, -0.1) is 12.4 Å². The lowest BCUT2D eigenvalue weighted by Crippen LogP contribution is -2.27. The van der Waals surface area contributed by atoms with E-state index in [0.717, 1.165) is 30.1 Å². The molecule has 0 aromatic carbocycles. The van der Waals surface area contributed by atoms with Crippen molar-refractivity contribution >= 4 is 12.4 Å². The number of hydrogen-bond acceptors (Lipinski definition) is 4. The van der Waals surface area contributed by atoms with Crippen LogP contribution in [0.1, 0.15) is 24.6 Å². The largest absolute Gasteiger partial charge is 0.339 e. The van der Waals surface area contributed by atoms with E-state index in [1.54, 1.807) is 0 Å². The second kappa shape index (κ2) is 3.76. The molecule has 15 heavy (non-hydrogen) atoms. The molecule has 0 N–H and O–H groups in total. The van der Waals surface area contributed by atoms with Gasteiger partial charge in [-0.2, -0.15) is 4.98 Å². The van der Waals surface area contributed by atoms with Gasteiger partial charge in [-0.3, -0.25) is 0 Å². The monoisotopic (exact) mass is 229 g/mol. The molecule has 0 aliphatic carbocycles. The van der Waals surface area contributed by atoms with Crippen molar-refractivity contribution in [3.63, 3.8) is 0 Å². The standard InChI is InChI=1S/C10H15N3O.ClH/c1-6-3-13-4-8(6)9(5-13)10-11-7(2)12-14-10;/h6,8-9H,3-5H2,1-2H3;1H. The number of halogens is 1. The molecule has 2 fully saturated rings.